The fraction of sp³-hybridized carbons (Fsp3) is 0.400. The van der Waals surface area contributed by atoms with Gasteiger partial charge in [-0.3, -0.25) is 4.79 Å². The lowest BCUT2D eigenvalue weighted by atomic mass is 10.1. The second-order valence-corrected chi connectivity index (χ2v) is 7.02. The maximum absolute atomic E-state index is 13.0. The summed E-state index contributed by atoms with van der Waals surface area (Å²) in [4.78, 5) is 16.2. The number of carbonyl (C=O) groups excluding carboxylic acids is 1. The average molecular weight is 365 g/mol. The molecule has 1 aliphatic rings. The van der Waals surface area contributed by atoms with Crippen LogP contribution in [-0.2, 0) is 17.4 Å². The number of rotatable bonds is 3. The Morgan fingerprint density at radius 1 is 1.30 bits per heavy atom. The molecule has 2 aromatic rings. The van der Waals surface area contributed by atoms with Gasteiger partial charge in [-0.05, 0) is 18.1 Å². The SMILES string of the molecule is O=C1N(CCc2c[nH]c3c(C(F)(F)F)cccc23)CCC1(Cl)Cl. The molecule has 124 valence electrons. The molecule has 0 atom stereocenters. The van der Waals surface area contributed by atoms with Crippen LogP contribution in [0.1, 0.15) is 17.5 Å². The van der Waals surface area contributed by atoms with Crippen LogP contribution >= 0.6 is 23.2 Å². The van der Waals surface area contributed by atoms with E-state index in [1.54, 1.807) is 12.3 Å². The van der Waals surface area contributed by atoms with E-state index < -0.39 is 16.1 Å². The van der Waals surface area contributed by atoms with Crippen molar-refractivity contribution in [3.8, 4) is 0 Å². The van der Waals surface area contributed by atoms with E-state index >= 15 is 0 Å². The summed E-state index contributed by atoms with van der Waals surface area (Å²) in [5.74, 6) is -0.350. The van der Waals surface area contributed by atoms with Crippen LogP contribution in [0.4, 0.5) is 13.2 Å². The maximum atomic E-state index is 13.0. The van der Waals surface area contributed by atoms with Crippen LogP contribution in [0.5, 0.6) is 0 Å². The largest absolute Gasteiger partial charge is 0.418 e. The molecule has 0 spiro atoms. The van der Waals surface area contributed by atoms with E-state index in [1.807, 2.05) is 0 Å². The first-order chi connectivity index (χ1) is 10.7. The molecule has 1 aromatic heterocycles. The highest BCUT2D eigenvalue weighted by Crippen LogP contribution is 2.36. The minimum atomic E-state index is -4.41. The van der Waals surface area contributed by atoms with Crippen molar-refractivity contribution in [1.29, 1.82) is 0 Å². The predicted octanol–water partition coefficient (Wildman–Crippen LogP) is 4.14. The second kappa shape index (κ2) is 5.60. The number of carbonyl (C=O) groups is 1. The van der Waals surface area contributed by atoms with Crippen LogP contribution in [0.2, 0.25) is 0 Å². The van der Waals surface area contributed by atoms with Gasteiger partial charge >= 0.3 is 6.18 Å². The highest BCUT2D eigenvalue weighted by molar-refractivity contribution is 6.58. The van der Waals surface area contributed by atoms with Crippen molar-refractivity contribution in [3.05, 3.63) is 35.5 Å². The molecule has 8 heteroatoms. The molecule has 0 unspecified atom stereocenters. The number of fused-ring (bicyclic) bond motifs is 1. The van der Waals surface area contributed by atoms with Crippen LogP contribution in [-0.4, -0.2) is 33.2 Å². The summed E-state index contributed by atoms with van der Waals surface area (Å²) in [6.07, 6.45) is -2.09. The van der Waals surface area contributed by atoms with Gasteiger partial charge in [-0.1, -0.05) is 35.3 Å². The molecule has 1 aliphatic heterocycles. The third-order valence-electron chi connectivity index (χ3n) is 4.05. The van der Waals surface area contributed by atoms with Gasteiger partial charge in [0.25, 0.3) is 5.91 Å². The standard InChI is InChI=1S/C15H13Cl2F3N2O/c16-14(17)5-7-22(13(14)23)6-4-9-8-21-12-10(9)2-1-3-11(12)15(18,19)20/h1-3,8,21H,4-7H2. The van der Waals surface area contributed by atoms with Gasteiger partial charge in [0.05, 0.1) is 11.1 Å². The van der Waals surface area contributed by atoms with Crippen LogP contribution in [0.15, 0.2) is 24.4 Å². The van der Waals surface area contributed by atoms with Gasteiger partial charge in [0.1, 0.15) is 0 Å². The lowest BCUT2D eigenvalue weighted by Crippen LogP contribution is -2.33. The van der Waals surface area contributed by atoms with Gasteiger partial charge in [-0.25, -0.2) is 0 Å². The van der Waals surface area contributed by atoms with Crippen LogP contribution < -0.4 is 0 Å². The quantitative estimate of drug-likeness (QED) is 0.816. The second-order valence-electron chi connectivity index (χ2n) is 5.54. The van der Waals surface area contributed by atoms with Crippen molar-refractivity contribution in [2.24, 2.45) is 0 Å². The van der Waals surface area contributed by atoms with E-state index in [0.29, 0.717) is 31.3 Å². The molecule has 1 fully saturated rings. The van der Waals surface area contributed by atoms with Crippen molar-refractivity contribution < 1.29 is 18.0 Å². The van der Waals surface area contributed by atoms with Gasteiger partial charge in [-0.15, -0.1) is 0 Å². The third-order valence-corrected chi connectivity index (χ3v) is 4.75. The number of para-hydroxylation sites is 1. The molecule has 0 saturated carbocycles. The first kappa shape index (κ1) is 16.5. The number of benzene rings is 1. The summed E-state index contributed by atoms with van der Waals surface area (Å²) in [5, 5.41) is 0.509. The number of aromatic nitrogens is 1. The molecule has 2 heterocycles. The summed E-state index contributed by atoms with van der Waals surface area (Å²) >= 11 is 11.8. The molecule has 1 saturated heterocycles. The average Bonchev–Trinajstić information content (AvgIpc) is 2.98. The smallest absolute Gasteiger partial charge is 0.360 e. The third kappa shape index (κ3) is 3.02. The number of likely N-dealkylation sites (tertiary alicyclic amines) is 1. The van der Waals surface area contributed by atoms with Crippen molar-refractivity contribution >= 4 is 40.0 Å². The van der Waals surface area contributed by atoms with Crippen molar-refractivity contribution in [3.63, 3.8) is 0 Å². The molecule has 0 bridgehead atoms. The molecule has 1 amide bonds. The lowest BCUT2D eigenvalue weighted by Gasteiger charge is -2.17. The number of hydrogen-bond donors (Lipinski definition) is 1. The normalized spacial score (nSPS) is 18.1. The summed E-state index contributed by atoms with van der Waals surface area (Å²) in [6.45, 7) is 0.811. The first-order valence-electron chi connectivity index (χ1n) is 7.03. The monoisotopic (exact) mass is 364 g/mol. The molecule has 3 nitrogen and oxygen atoms in total. The molecule has 23 heavy (non-hydrogen) atoms. The van der Waals surface area contributed by atoms with Gasteiger partial charge in [0.2, 0.25) is 0 Å². The predicted molar refractivity (Wildman–Crippen MR) is 82.6 cm³/mol. The van der Waals surface area contributed by atoms with E-state index in [4.69, 9.17) is 23.2 Å². The van der Waals surface area contributed by atoms with E-state index in [9.17, 15) is 18.0 Å². The topological polar surface area (TPSA) is 36.1 Å². The Balaban J connectivity index is 1.81. The zero-order chi connectivity index (χ0) is 16.8. The van der Waals surface area contributed by atoms with Gasteiger partial charge in [0, 0.05) is 31.1 Å². The molecule has 1 aromatic carbocycles. The number of halogens is 5. The summed E-state index contributed by atoms with van der Waals surface area (Å²) in [7, 11) is 0. The van der Waals surface area contributed by atoms with E-state index in [1.165, 1.54) is 11.0 Å². The van der Waals surface area contributed by atoms with E-state index in [0.717, 1.165) is 11.6 Å². The highest BCUT2D eigenvalue weighted by Gasteiger charge is 2.43. The number of aromatic amines is 1. The number of amides is 1. The molecular weight excluding hydrogens is 352 g/mol. The molecule has 0 aliphatic carbocycles. The summed E-state index contributed by atoms with van der Waals surface area (Å²) < 4.78 is 37.6. The van der Waals surface area contributed by atoms with E-state index in [-0.39, 0.29) is 11.4 Å². The number of nitrogens with zero attached hydrogens (tertiary/aromatic N) is 1. The highest BCUT2D eigenvalue weighted by atomic mass is 35.5. The lowest BCUT2D eigenvalue weighted by molar-refractivity contribution is -0.136. The maximum Gasteiger partial charge on any atom is 0.418 e. The molecule has 1 N–H and O–H groups in total. The fourth-order valence-electron chi connectivity index (χ4n) is 2.84. The number of alkyl halides is 5. The van der Waals surface area contributed by atoms with Crippen molar-refractivity contribution in [2.75, 3.05) is 13.1 Å². The molecule has 0 radical (unpaired) electrons. The Labute approximate surface area is 140 Å². The van der Waals surface area contributed by atoms with Gasteiger partial charge in [-0.2, -0.15) is 13.2 Å². The van der Waals surface area contributed by atoms with Crippen molar-refractivity contribution in [1.82, 2.24) is 9.88 Å². The number of nitrogens with one attached hydrogen (secondary N) is 1. The summed E-state index contributed by atoms with van der Waals surface area (Å²) in [5.41, 5.74) is 0.0892. The summed E-state index contributed by atoms with van der Waals surface area (Å²) in [6, 6.07) is 4.06. The Morgan fingerprint density at radius 2 is 2.04 bits per heavy atom. The van der Waals surface area contributed by atoms with Gasteiger partial charge in [0.15, 0.2) is 4.33 Å². The Hall–Kier alpha value is -1.40. The minimum Gasteiger partial charge on any atom is -0.360 e. The zero-order valence-electron chi connectivity index (χ0n) is 11.9. The van der Waals surface area contributed by atoms with Crippen LogP contribution in [0.25, 0.3) is 10.9 Å². The Bertz CT molecular complexity index is 755. The molecule has 3 rings (SSSR count). The number of H-pyrrole nitrogens is 1. The Kier molecular flexibility index (Phi) is 4.01. The van der Waals surface area contributed by atoms with Crippen LogP contribution in [0, 0.1) is 0 Å². The Morgan fingerprint density at radius 3 is 2.65 bits per heavy atom. The molecular formula is C15H13Cl2F3N2O. The first-order valence-corrected chi connectivity index (χ1v) is 7.79. The van der Waals surface area contributed by atoms with E-state index in [2.05, 4.69) is 4.98 Å². The van der Waals surface area contributed by atoms with Crippen molar-refractivity contribution in [2.45, 2.75) is 23.4 Å². The fourth-order valence-corrected chi connectivity index (χ4v) is 3.25. The number of hydrogen-bond acceptors (Lipinski definition) is 1. The van der Waals surface area contributed by atoms with Gasteiger partial charge < -0.3 is 9.88 Å². The van der Waals surface area contributed by atoms with Crippen LogP contribution in [0.3, 0.4) is 0 Å². The minimum absolute atomic E-state index is 0.0618. The zero-order valence-corrected chi connectivity index (χ0v) is 13.4.